The molecular weight excluding hydrogens is 464 g/mol. The van der Waals surface area contributed by atoms with Crippen LogP contribution in [-0.4, -0.2) is 16.8 Å². The van der Waals surface area contributed by atoms with Gasteiger partial charge in [0.15, 0.2) is 0 Å². The molecule has 34 heavy (non-hydrogen) atoms. The van der Waals surface area contributed by atoms with Crippen LogP contribution in [0.25, 0.3) is 0 Å². The molecule has 3 aromatic rings. The van der Waals surface area contributed by atoms with Crippen molar-refractivity contribution < 1.29 is 35.9 Å². The smallest absolute Gasteiger partial charge is 0.348 e. The van der Waals surface area contributed by atoms with Crippen molar-refractivity contribution in [3.8, 4) is 0 Å². The molecule has 0 fully saturated rings. The van der Waals surface area contributed by atoms with Gasteiger partial charge in [-0.05, 0) is 35.4 Å². The number of carbonyl (C=O) groups excluding carboxylic acids is 2. The lowest BCUT2D eigenvalue weighted by Gasteiger charge is -2.14. The van der Waals surface area contributed by atoms with Gasteiger partial charge in [-0.15, -0.1) is 0 Å². The van der Waals surface area contributed by atoms with Crippen molar-refractivity contribution in [3.05, 3.63) is 100 Å². The second-order valence-electron chi connectivity index (χ2n) is 7.10. The molecule has 178 valence electrons. The Morgan fingerprint density at radius 1 is 0.706 bits per heavy atom. The number of rotatable bonds is 6. The van der Waals surface area contributed by atoms with Crippen LogP contribution in [0, 0.1) is 0 Å². The maximum Gasteiger partial charge on any atom is 0.416 e. The number of benzene rings is 2. The zero-order chi connectivity index (χ0) is 24.9. The Balaban J connectivity index is 1.67. The van der Waals surface area contributed by atoms with Crippen molar-refractivity contribution in [1.29, 1.82) is 0 Å². The van der Waals surface area contributed by atoms with E-state index in [1.54, 1.807) is 0 Å². The van der Waals surface area contributed by atoms with Crippen LogP contribution >= 0.6 is 0 Å². The fourth-order valence-corrected chi connectivity index (χ4v) is 3.14. The van der Waals surface area contributed by atoms with Crippen LogP contribution < -0.4 is 10.6 Å². The van der Waals surface area contributed by atoms with Crippen molar-refractivity contribution in [2.24, 2.45) is 0 Å². The number of alkyl halides is 6. The van der Waals surface area contributed by atoms with Crippen molar-refractivity contribution in [2.45, 2.75) is 25.4 Å². The molecule has 2 aromatic carbocycles. The van der Waals surface area contributed by atoms with E-state index < -0.39 is 48.4 Å². The van der Waals surface area contributed by atoms with Crippen LogP contribution in [0.15, 0.2) is 66.9 Å². The number of carbonyl (C=O) groups is 2. The summed E-state index contributed by atoms with van der Waals surface area (Å²) in [5.74, 6) is -1.58. The van der Waals surface area contributed by atoms with E-state index in [9.17, 15) is 35.9 Å². The van der Waals surface area contributed by atoms with Gasteiger partial charge in [-0.1, -0.05) is 36.4 Å². The predicted octanol–water partition coefficient (Wildman–Crippen LogP) is 4.98. The maximum atomic E-state index is 13.1. The first-order chi connectivity index (χ1) is 16.0. The van der Waals surface area contributed by atoms with Crippen LogP contribution in [0.5, 0.6) is 0 Å². The van der Waals surface area contributed by atoms with Gasteiger partial charge in [-0.25, -0.2) is 0 Å². The van der Waals surface area contributed by atoms with Crippen molar-refractivity contribution in [2.75, 3.05) is 0 Å². The van der Waals surface area contributed by atoms with Crippen LogP contribution in [0.1, 0.15) is 43.1 Å². The van der Waals surface area contributed by atoms with Gasteiger partial charge >= 0.3 is 12.4 Å². The number of hydrogen-bond donors (Lipinski definition) is 2. The standard InChI is InChI=1S/C23H17F6N3O2/c24-22(25,26)17-7-3-1-5-15(17)12-31-20(33)14-9-10-30-19(11-14)21(34)32-13-16-6-2-4-8-18(16)23(27,28)29/h1-11H,12-13H2,(H,31,33)(H,32,34). The summed E-state index contributed by atoms with van der Waals surface area (Å²) in [6.45, 7) is -0.840. The Bertz CT molecular complexity index is 1100. The number of aromatic nitrogens is 1. The minimum atomic E-state index is -4.59. The predicted molar refractivity (Wildman–Crippen MR) is 109 cm³/mol. The third kappa shape index (κ3) is 6.12. The van der Waals surface area contributed by atoms with Gasteiger partial charge in [-0.3, -0.25) is 14.6 Å². The maximum absolute atomic E-state index is 13.1. The van der Waals surface area contributed by atoms with Gasteiger partial charge in [0.1, 0.15) is 5.69 Å². The zero-order valence-corrected chi connectivity index (χ0v) is 17.3. The largest absolute Gasteiger partial charge is 0.416 e. The van der Waals surface area contributed by atoms with Gasteiger partial charge in [0.2, 0.25) is 0 Å². The number of hydrogen-bond acceptors (Lipinski definition) is 3. The number of halogens is 6. The number of nitrogens with zero attached hydrogens (tertiary/aromatic N) is 1. The molecule has 0 aliphatic heterocycles. The molecule has 5 nitrogen and oxygen atoms in total. The molecule has 1 heterocycles. The molecule has 0 aliphatic carbocycles. The summed E-state index contributed by atoms with van der Waals surface area (Å²) in [6.07, 6.45) is -8.05. The van der Waals surface area contributed by atoms with E-state index >= 15 is 0 Å². The molecule has 3 rings (SSSR count). The Labute approximate surface area is 189 Å². The van der Waals surface area contributed by atoms with Gasteiger partial charge in [0, 0.05) is 24.8 Å². The van der Waals surface area contributed by atoms with Gasteiger partial charge < -0.3 is 10.6 Å². The summed E-state index contributed by atoms with van der Waals surface area (Å²) in [5, 5.41) is 4.67. The Hall–Kier alpha value is -3.89. The second-order valence-corrected chi connectivity index (χ2v) is 7.10. The van der Waals surface area contributed by atoms with Gasteiger partial charge in [0.25, 0.3) is 11.8 Å². The van der Waals surface area contributed by atoms with Crippen molar-refractivity contribution in [1.82, 2.24) is 15.6 Å². The molecule has 1 aromatic heterocycles. The molecule has 0 aliphatic rings. The summed E-state index contributed by atoms with van der Waals surface area (Å²) in [7, 11) is 0. The normalized spacial score (nSPS) is 11.7. The highest BCUT2D eigenvalue weighted by Crippen LogP contribution is 2.32. The lowest BCUT2D eigenvalue weighted by atomic mass is 10.1. The van der Waals surface area contributed by atoms with Gasteiger partial charge in [0.05, 0.1) is 11.1 Å². The van der Waals surface area contributed by atoms with E-state index in [1.807, 2.05) is 0 Å². The monoisotopic (exact) mass is 481 g/mol. The summed E-state index contributed by atoms with van der Waals surface area (Å²) in [4.78, 5) is 28.6. The molecule has 0 bridgehead atoms. The lowest BCUT2D eigenvalue weighted by Crippen LogP contribution is -2.27. The van der Waals surface area contributed by atoms with Crippen molar-refractivity contribution in [3.63, 3.8) is 0 Å². The molecule has 0 saturated carbocycles. The highest BCUT2D eigenvalue weighted by Gasteiger charge is 2.33. The van der Waals surface area contributed by atoms with Crippen LogP contribution in [-0.2, 0) is 25.4 Å². The summed E-state index contributed by atoms with van der Waals surface area (Å²) in [5.41, 5.74) is -2.37. The quantitative estimate of drug-likeness (QED) is 0.488. The third-order valence-electron chi connectivity index (χ3n) is 4.78. The van der Waals surface area contributed by atoms with E-state index in [4.69, 9.17) is 0 Å². The van der Waals surface area contributed by atoms with Crippen LogP contribution in [0.3, 0.4) is 0 Å². The molecule has 0 unspecified atom stereocenters. The zero-order valence-electron chi connectivity index (χ0n) is 17.3. The van der Waals surface area contributed by atoms with E-state index in [-0.39, 0.29) is 22.4 Å². The van der Waals surface area contributed by atoms with Crippen LogP contribution in [0.4, 0.5) is 26.3 Å². The Morgan fingerprint density at radius 3 is 1.68 bits per heavy atom. The average Bonchev–Trinajstić information content (AvgIpc) is 2.80. The highest BCUT2D eigenvalue weighted by atomic mass is 19.4. The first kappa shape index (κ1) is 24.7. The number of pyridine rings is 1. The fraction of sp³-hybridized carbons (Fsp3) is 0.174. The SMILES string of the molecule is O=C(NCc1ccccc1C(F)(F)F)c1ccnc(C(=O)NCc2ccccc2C(F)(F)F)c1. The third-order valence-corrected chi connectivity index (χ3v) is 4.78. The van der Waals surface area contributed by atoms with Crippen molar-refractivity contribution >= 4 is 11.8 Å². The molecule has 2 N–H and O–H groups in total. The summed E-state index contributed by atoms with van der Waals surface area (Å²) >= 11 is 0. The van der Waals surface area contributed by atoms with Crippen LogP contribution in [0.2, 0.25) is 0 Å². The number of nitrogens with one attached hydrogen (secondary N) is 2. The topological polar surface area (TPSA) is 71.1 Å². The Kier molecular flexibility index (Phi) is 7.23. The average molecular weight is 481 g/mol. The summed E-state index contributed by atoms with van der Waals surface area (Å²) < 4.78 is 78.6. The molecule has 0 spiro atoms. The molecule has 11 heteroatoms. The minimum absolute atomic E-state index is 0.0552. The van der Waals surface area contributed by atoms with Gasteiger partial charge in [-0.2, -0.15) is 26.3 Å². The number of amides is 2. The van der Waals surface area contributed by atoms with E-state index in [0.29, 0.717) is 0 Å². The van der Waals surface area contributed by atoms with E-state index in [0.717, 1.165) is 24.4 Å². The minimum Gasteiger partial charge on any atom is -0.348 e. The molecule has 0 radical (unpaired) electrons. The first-order valence-electron chi connectivity index (χ1n) is 9.79. The molecular formula is C23H17F6N3O2. The molecule has 2 amide bonds. The first-order valence-corrected chi connectivity index (χ1v) is 9.79. The summed E-state index contributed by atoms with van der Waals surface area (Å²) in [6, 6.07) is 11.8. The Morgan fingerprint density at radius 2 is 1.18 bits per heavy atom. The second kappa shape index (κ2) is 9.94. The fourth-order valence-electron chi connectivity index (χ4n) is 3.14. The molecule has 0 saturated heterocycles. The lowest BCUT2D eigenvalue weighted by molar-refractivity contribution is -0.139. The molecule has 0 atom stereocenters. The highest BCUT2D eigenvalue weighted by molar-refractivity contribution is 5.98. The van der Waals surface area contributed by atoms with E-state index in [1.165, 1.54) is 42.5 Å². The van der Waals surface area contributed by atoms with E-state index in [2.05, 4.69) is 15.6 Å².